The van der Waals surface area contributed by atoms with Crippen LogP contribution in [0.5, 0.6) is 0 Å². The highest BCUT2D eigenvalue weighted by atomic mass is 32.2. The number of para-hydroxylation sites is 1. The summed E-state index contributed by atoms with van der Waals surface area (Å²) in [5, 5.41) is 15.7. The summed E-state index contributed by atoms with van der Waals surface area (Å²) in [5.41, 5.74) is 5.69. The predicted molar refractivity (Wildman–Crippen MR) is 70.5 cm³/mol. The second-order valence-electron chi connectivity index (χ2n) is 3.68. The highest BCUT2D eigenvalue weighted by Gasteiger charge is 2.15. The predicted octanol–water partition coefficient (Wildman–Crippen LogP) is 1.02. The van der Waals surface area contributed by atoms with Crippen molar-refractivity contribution in [1.29, 1.82) is 0 Å². The van der Waals surface area contributed by atoms with Gasteiger partial charge in [-0.15, -0.1) is 5.10 Å². The summed E-state index contributed by atoms with van der Waals surface area (Å²) in [7, 11) is 0. The van der Waals surface area contributed by atoms with Crippen molar-refractivity contribution in [1.82, 2.24) is 14.8 Å². The Bertz CT molecular complexity index is 677. The van der Waals surface area contributed by atoms with Crippen LogP contribution in [0.1, 0.15) is 17.3 Å². The summed E-state index contributed by atoms with van der Waals surface area (Å²) < 4.78 is 1.44. The van der Waals surface area contributed by atoms with Crippen LogP contribution in [0.15, 0.2) is 33.0 Å². The van der Waals surface area contributed by atoms with Crippen LogP contribution in [0.2, 0.25) is 0 Å². The summed E-state index contributed by atoms with van der Waals surface area (Å²) in [5.74, 6) is -1.09. The molecular weight excluding hydrogens is 268 g/mol. The monoisotopic (exact) mass is 280 g/mol. The Morgan fingerprint density at radius 1 is 1.58 bits per heavy atom. The van der Waals surface area contributed by atoms with Crippen molar-refractivity contribution in [2.45, 2.75) is 23.5 Å². The van der Waals surface area contributed by atoms with E-state index in [1.165, 1.54) is 10.6 Å². The molecule has 7 nitrogen and oxygen atoms in total. The summed E-state index contributed by atoms with van der Waals surface area (Å²) in [6, 6.07) is 4.72. The molecule has 0 fully saturated rings. The fourth-order valence-corrected chi connectivity index (χ4v) is 2.55. The third-order valence-corrected chi connectivity index (χ3v) is 3.61. The number of rotatable bonds is 4. The second-order valence-corrected chi connectivity index (χ2v) is 4.69. The Morgan fingerprint density at radius 3 is 2.95 bits per heavy atom. The fraction of sp³-hybridized carbons (Fsp3) is 0.182. The lowest BCUT2D eigenvalue weighted by atomic mass is 10.2. The van der Waals surface area contributed by atoms with E-state index in [4.69, 9.17) is 10.8 Å². The first-order valence-corrected chi connectivity index (χ1v) is 6.31. The maximum Gasteiger partial charge on any atom is 0.343 e. The average Bonchev–Trinajstić information content (AvgIpc) is 2.72. The van der Waals surface area contributed by atoms with E-state index in [0.29, 0.717) is 16.6 Å². The Kier molecular flexibility index (Phi) is 3.61. The van der Waals surface area contributed by atoms with Crippen molar-refractivity contribution in [3.05, 3.63) is 34.2 Å². The van der Waals surface area contributed by atoms with Gasteiger partial charge in [-0.2, -0.15) is 0 Å². The van der Waals surface area contributed by atoms with Gasteiger partial charge in [0, 0.05) is 11.4 Å². The van der Waals surface area contributed by atoms with E-state index >= 15 is 0 Å². The SMILES string of the molecule is CCn1c(Sc2cccc(C(=O)O)c2N)n[nH]c1=O. The van der Waals surface area contributed by atoms with E-state index in [1.807, 2.05) is 6.92 Å². The molecule has 19 heavy (non-hydrogen) atoms. The molecule has 100 valence electrons. The van der Waals surface area contributed by atoms with Gasteiger partial charge in [-0.05, 0) is 30.8 Å². The van der Waals surface area contributed by atoms with Gasteiger partial charge in [0.25, 0.3) is 0 Å². The van der Waals surface area contributed by atoms with Crippen LogP contribution in [0.4, 0.5) is 5.69 Å². The third-order valence-electron chi connectivity index (χ3n) is 2.54. The Labute approximate surface area is 112 Å². The molecule has 1 aromatic heterocycles. The number of anilines is 1. The number of aromatic carboxylic acids is 1. The van der Waals surface area contributed by atoms with Crippen molar-refractivity contribution in [3.8, 4) is 0 Å². The van der Waals surface area contributed by atoms with Crippen LogP contribution in [0.3, 0.4) is 0 Å². The number of aromatic nitrogens is 3. The van der Waals surface area contributed by atoms with Crippen molar-refractivity contribution in [2.24, 2.45) is 0 Å². The number of benzene rings is 1. The summed E-state index contributed by atoms with van der Waals surface area (Å²) >= 11 is 1.15. The van der Waals surface area contributed by atoms with Gasteiger partial charge in [0.1, 0.15) is 0 Å². The number of H-pyrrole nitrogens is 1. The Hall–Kier alpha value is -2.22. The highest BCUT2D eigenvalue weighted by Crippen LogP contribution is 2.32. The van der Waals surface area contributed by atoms with Crippen LogP contribution in [0.25, 0.3) is 0 Å². The number of hydrogen-bond donors (Lipinski definition) is 3. The number of aromatic amines is 1. The van der Waals surface area contributed by atoms with E-state index < -0.39 is 5.97 Å². The highest BCUT2D eigenvalue weighted by molar-refractivity contribution is 7.99. The maximum atomic E-state index is 11.4. The van der Waals surface area contributed by atoms with Crippen molar-refractivity contribution < 1.29 is 9.90 Å². The number of nitrogens with zero attached hydrogens (tertiary/aromatic N) is 2. The van der Waals surface area contributed by atoms with Crippen LogP contribution in [-0.2, 0) is 6.54 Å². The van der Waals surface area contributed by atoms with Crippen molar-refractivity contribution in [3.63, 3.8) is 0 Å². The van der Waals surface area contributed by atoms with Gasteiger partial charge in [-0.1, -0.05) is 6.07 Å². The van der Waals surface area contributed by atoms with Gasteiger partial charge >= 0.3 is 11.7 Å². The quantitative estimate of drug-likeness (QED) is 0.720. The minimum atomic E-state index is -1.09. The molecule has 0 spiro atoms. The van der Waals surface area contributed by atoms with Gasteiger partial charge in [0.15, 0.2) is 5.16 Å². The van der Waals surface area contributed by atoms with Crippen molar-refractivity contribution in [2.75, 3.05) is 5.73 Å². The largest absolute Gasteiger partial charge is 0.478 e. The lowest BCUT2D eigenvalue weighted by Crippen LogP contribution is -2.16. The molecule has 0 radical (unpaired) electrons. The van der Waals surface area contributed by atoms with E-state index in [9.17, 15) is 9.59 Å². The number of nitrogens with one attached hydrogen (secondary N) is 1. The van der Waals surface area contributed by atoms with E-state index in [0.717, 1.165) is 11.8 Å². The molecule has 0 amide bonds. The van der Waals surface area contributed by atoms with Gasteiger partial charge in [0.2, 0.25) is 0 Å². The van der Waals surface area contributed by atoms with E-state index in [1.54, 1.807) is 12.1 Å². The molecule has 1 heterocycles. The van der Waals surface area contributed by atoms with Crippen LogP contribution < -0.4 is 11.4 Å². The molecule has 2 aromatic rings. The first-order chi connectivity index (χ1) is 9.04. The molecule has 8 heteroatoms. The minimum Gasteiger partial charge on any atom is -0.478 e. The zero-order valence-electron chi connectivity index (χ0n) is 10.1. The lowest BCUT2D eigenvalue weighted by molar-refractivity contribution is 0.0698. The summed E-state index contributed by atoms with van der Waals surface area (Å²) in [6.07, 6.45) is 0. The standard InChI is InChI=1S/C11H12N4O3S/c1-2-15-10(18)13-14-11(15)19-7-5-3-4-6(8(7)12)9(16)17/h3-5H,2,12H2,1H3,(H,13,18)(H,16,17). The third kappa shape index (κ3) is 2.48. The fourth-order valence-electron chi connectivity index (χ4n) is 1.58. The second kappa shape index (κ2) is 5.19. The molecule has 0 saturated heterocycles. The molecule has 0 unspecified atom stereocenters. The molecule has 0 atom stereocenters. The van der Waals surface area contributed by atoms with Crippen LogP contribution in [0, 0.1) is 0 Å². The number of nitrogen functional groups attached to an aromatic ring is 1. The molecule has 0 aliphatic carbocycles. The number of hydrogen-bond acceptors (Lipinski definition) is 5. The van der Waals surface area contributed by atoms with Gasteiger partial charge < -0.3 is 10.8 Å². The van der Waals surface area contributed by atoms with Crippen molar-refractivity contribution >= 4 is 23.4 Å². The average molecular weight is 280 g/mol. The zero-order valence-corrected chi connectivity index (χ0v) is 10.9. The normalized spacial score (nSPS) is 10.6. The molecule has 0 bridgehead atoms. The molecule has 0 aliphatic heterocycles. The molecule has 2 rings (SSSR count). The first-order valence-electron chi connectivity index (χ1n) is 5.49. The molecule has 0 saturated carbocycles. The molecule has 1 aromatic carbocycles. The van der Waals surface area contributed by atoms with Gasteiger partial charge in [0.05, 0.1) is 11.3 Å². The summed E-state index contributed by atoms with van der Waals surface area (Å²) in [6.45, 7) is 2.29. The Balaban J connectivity index is 2.41. The minimum absolute atomic E-state index is 0.0333. The van der Waals surface area contributed by atoms with E-state index in [-0.39, 0.29) is 16.9 Å². The lowest BCUT2D eigenvalue weighted by Gasteiger charge is -2.07. The molecular formula is C11H12N4O3S. The van der Waals surface area contributed by atoms with Gasteiger partial charge in [-0.3, -0.25) is 4.57 Å². The number of carboxylic acids is 1. The maximum absolute atomic E-state index is 11.4. The zero-order chi connectivity index (χ0) is 14.0. The number of carboxylic acid groups (broad SMARTS) is 1. The van der Waals surface area contributed by atoms with Gasteiger partial charge in [-0.25, -0.2) is 14.7 Å². The van der Waals surface area contributed by atoms with Crippen LogP contribution >= 0.6 is 11.8 Å². The molecule has 0 aliphatic rings. The van der Waals surface area contributed by atoms with Crippen LogP contribution in [-0.4, -0.2) is 25.8 Å². The smallest absolute Gasteiger partial charge is 0.343 e. The number of nitrogens with two attached hydrogens (primary N) is 1. The summed E-state index contributed by atoms with van der Waals surface area (Å²) in [4.78, 5) is 23.0. The van der Waals surface area contributed by atoms with E-state index in [2.05, 4.69) is 10.2 Å². The number of carbonyl (C=O) groups is 1. The molecule has 4 N–H and O–H groups in total. The Morgan fingerprint density at radius 2 is 2.32 bits per heavy atom. The topological polar surface area (TPSA) is 114 Å². The first kappa shape index (κ1) is 13.2.